The lowest BCUT2D eigenvalue weighted by molar-refractivity contribution is -0.138. The van der Waals surface area contributed by atoms with Gasteiger partial charge in [0.05, 0.1) is 12.1 Å². The molecule has 0 spiro atoms. The summed E-state index contributed by atoms with van der Waals surface area (Å²) in [5.74, 6) is -1.03. The molecule has 4 heterocycles. The summed E-state index contributed by atoms with van der Waals surface area (Å²) in [7, 11) is 0. The Hall–Kier alpha value is -4.53. The van der Waals surface area contributed by atoms with Crippen molar-refractivity contribution in [3.63, 3.8) is 0 Å². The van der Waals surface area contributed by atoms with E-state index in [0.29, 0.717) is 36.3 Å². The number of pyridine rings is 1. The van der Waals surface area contributed by atoms with Crippen LogP contribution < -0.4 is 5.32 Å². The molecular formula is C32H32FN5O3. The van der Waals surface area contributed by atoms with Crippen LogP contribution in [0.15, 0.2) is 72.9 Å². The van der Waals surface area contributed by atoms with E-state index < -0.39 is 11.5 Å². The number of hydrogen-bond acceptors (Lipinski definition) is 4. The van der Waals surface area contributed by atoms with Gasteiger partial charge in [0.2, 0.25) is 5.91 Å². The number of rotatable bonds is 5. The average molecular weight is 554 g/mol. The zero-order valence-corrected chi connectivity index (χ0v) is 23.2. The van der Waals surface area contributed by atoms with Gasteiger partial charge in [-0.05, 0) is 36.1 Å². The Bertz CT molecular complexity index is 1610. The van der Waals surface area contributed by atoms with Gasteiger partial charge in [0, 0.05) is 41.3 Å². The third kappa shape index (κ3) is 4.96. The number of H-pyrrole nitrogens is 1. The lowest BCUT2D eigenvalue weighted by Crippen LogP contribution is -2.59. The van der Waals surface area contributed by atoms with Crippen molar-refractivity contribution < 1.29 is 18.8 Å². The first-order valence-corrected chi connectivity index (χ1v) is 13.8. The van der Waals surface area contributed by atoms with E-state index in [1.807, 2.05) is 49.9 Å². The highest BCUT2D eigenvalue weighted by Gasteiger charge is 2.50. The highest BCUT2D eigenvalue weighted by molar-refractivity contribution is 6.00. The van der Waals surface area contributed by atoms with Crippen LogP contribution in [-0.4, -0.2) is 68.7 Å². The number of nitrogens with one attached hydrogen (secondary N) is 2. The highest BCUT2D eigenvalue weighted by Crippen LogP contribution is 2.34. The van der Waals surface area contributed by atoms with Crippen molar-refractivity contribution in [1.82, 2.24) is 25.1 Å². The van der Waals surface area contributed by atoms with Crippen molar-refractivity contribution in [3.05, 3.63) is 90.1 Å². The zero-order chi connectivity index (χ0) is 28.9. The summed E-state index contributed by atoms with van der Waals surface area (Å²) in [5.41, 5.74) is 2.05. The minimum Gasteiger partial charge on any atom is -0.351 e. The number of carbonyl (C=O) groups excluding carboxylic acids is 3. The number of amides is 3. The highest BCUT2D eigenvalue weighted by atomic mass is 19.1. The Kier molecular flexibility index (Phi) is 6.60. The van der Waals surface area contributed by atoms with Gasteiger partial charge in [-0.25, -0.2) is 4.39 Å². The van der Waals surface area contributed by atoms with Crippen molar-refractivity contribution >= 4 is 28.6 Å². The van der Waals surface area contributed by atoms with Crippen molar-refractivity contribution in [3.8, 4) is 11.1 Å². The Morgan fingerprint density at radius 2 is 1.68 bits per heavy atom. The molecule has 0 saturated carbocycles. The van der Waals surface area contributed by atoms with Crippen LogP contribution in [0.4, 0.5) is 4.39 Å². The van der Waals surface area contributed by atoms with Gasteiger partial charge < -0.3 is 20.1 Å². The second-order valence-corrected chi connectivity index (χ2v) is 11.9. The van der Waals surface area contributed by atoms with E-state index >= 15 is 0 Å². The quantitative estimate of drug-likeness (QED) is 0.376. The predicted octanol–water partition coefficient (Wildman–Crippen LogP) is 4.64. The van der Waals surface area contributed by atoms with E-state index in [9.17, 15) is 18.8 Å². The average Bonchev–Trinajstić information content (AvgIpc) is 3.69. The summed E-state index contributed by atoms with van der Waals surface area (Å²) in [5, 5.41) is 3.90. The van der Waals surface area contributed by atoms with Gasteiger partial charge in [-0.1, -0.05) is 63.2 Å². The number of fused-ring (bicyclic) bond motifs is 3. The van der Waals surface area contributed by atoms with Crippen LogP contribution in [0, 0.1) is 11.2 Å². The first kappa shape index (κ1) is 26.7. The van der Waals surface area contributed by atoms with Gasteiger partial charge >= 0.3 is 0 Å². The summed E-state index contributed by atoms with van der Waals surface area (Å²) < 4.78 is 14.2. The summed E-state index contributed by atoms with van der Waals surface area (Å²) >= 11 is 0. The number of para-hydroxylation sites is 1. The molecule has 0 radical (unpaired) electrons. The van der Waals surface area contributed by atoms with Gasteiger partial charge in [-0.2, -0.15) is 0 Å². The van der Waals surface area contributed by atoms with Gasteiger partial charge in [0.1, 0.15) is 23.2 Å². The smallest absolute Gasteiger partial charge is 0.272 e. The molecule has 41 heavy (non-hydrogen) atoms. The minimum absolute atomic E-state index is 0.130. The summed E-state index contributed by atoms with van der Waals surface area (Å²) in [4.78, 5) is 51.4. The fraction of sp³-hybridized carbons (Fsp3) is 0.312. The molecule has 0 unspecified atom stereocenters. The lowest BCUT2D eigenvalue weighted by Gasteiger charge is -2.39. The number of nitrogens with zero attached hydrogens (tertiary/aromatic N) is 3. The molecule has 2 saturated heterocycles. The second kappa shape index (κ2) is 10.1. The molecule has 210 valence electrons. The van der Waals surface area contributed by atoms with E-state index in [1.54, 1.807) is 41.3 Å². The molecule has 8 nitrogen and oxygen atoms in total. The number of hydrogen-bond donors (Lipinski definition) is 2. The first-order chi connectivity index (χ1) is 19.6. The molecule has 0 aliphatic carbocycles. The van der Waals surface area contributed by atoms with Crippen molar-refractivity contribution in [2.24, 2.45) is 5.41 Å². The second-order valence-electron chi connectivity index (χ2n) is 11.9. The van der Waals surface area contributed by atoms with E-state index in [4.69, 9.17) is 0 Å². The Morgan fingerprint density at radius 1 is 0.976 bits per heavy atom. The molecule has 2 aromatic heterocycles. The van der Waals surface area contributed by atoms with E-state index in [-0.39, 0.29) is 41.3 Å². The van der Waals surface area contributed by atoms with E-state index in [0.717, 1.165) is 10.9 Å². The maximum Gasteiger partial charge on any atom is 0.272 e. The maximum absolute atomic E-state index is 14.2. The van der Waals surface area contributed by atoms with Crippen molar-refractivity contribution in [2.75, 3.05) is 13.1 Å². The van der Waals surface area contributed by atoms with E-state index in [2.05, 4.69) is 15.3 Å². The molecule has 4 aromatic rings. The zero-order valence-electron chi connectivity index (χ0n) is 23.2. The van der Waals surface area contributed by atoms with Crippen molar-refractivity contribution in [2.45, 2.75) is 45.3 Å². The summed E-state index contributed by atoms with van der Waals surface area (Å²) in [6, 6.07) is 18.2. The Morgan fingerprint density at radius 3 is 2.34 bits per heavy atom. The molecule has 2 fully saturated rings. The third-order valence-corrected chi connectivity index (χ3v) is 8.11. The maximum atomic E-state index is 14.2. The topological polar surface area (TPSA) is 98.4 Å². The third-order valence-electron chi connectivity index (χ3n) is 8.11. The number of aromatic amines is 1. The molecule has 2 N–H and O–H groups in total. The van der Waals surface area contributed by atoms with Crippen molar-refractivity contribution in [1.29, 1.82) is 0 Å². The molecule has 3 amide bonds. The number of carbonyl (C=O) groups is 3. The molecule has 2 aromatic carbocycles. The number of aromatic nitrogens is 2. The number of benzene rings is 2. The molecule has 6 rings (SSSR count). The van der Waals surface area contributed by atoms with E-state index in [1.165, 1.54) is 12.3 Å². The standard InChI is InChI=1S/C32H32FN5O3/c1-32(2,3)28(36-29(39)27-14-19-8-4-7-11-25(19)35-27)31(41)38-18-21-15-22(38)17-37(21)30(40)26-13-12-20(16-34-26)23-9-5-6-10-24(23)33/h4-14,16,21-22,28,35H,15,17-18H2,1-3H3,(H,36,39)/t21-,22-,28+/m0/s1. The van der Waals surface area contributed by atoms with Crippen LogP contribution in [0.5, 0.6) is 0 Å². The molecule has 9 heteroatoms. The number of likely N-dealkylation sites (tertiary alicyclic amines) is 2. The van der Waals surface area contributed by atoms with Crippen LogP contribution in [0.2, 0.25) is 0 Å². The van der Waals surface area contributed by atoms with Crippen LogP contribution in [-0.2, 0) is 4.79 Å². The first-order valence-electron chi connectivity index (χ1n) is 13.8. The monoisotopic (exact) mass is 553 g/mol. The fourth-order valence-electron chi connectivity index (χ4n) is 5.93. The van der Waals surface area contributed by atoms with Crippen LogP contribution in [0.3, 0.4) is 0 Å². The minimum atomic E-state index is -0.738. The fourth-order valence-corrected chi connectivity index (χ4v) is 5.93. The van der Waals surface area contributed by atoms with Gasteiger partial charge in [0.25, 0.3) is 11.8 Å². The molecule has 2 aliphatic rings. The SMILES string of the molecule is CC(C)(C)[C@H](NC(=O)c1cc2ccccc2[nH]1)C(=O)N1C[C@@H]2C[C@H]1CN2C(=O)c1ccc(-c2ccccc2F)cn1. The summed E-state index contributed by atoms with van der Waals surface area (Å²) in [6.07, 6.45) is 2.19. The lowest BCUT2D eigenvalue weighted by atomic mass is 9.85. The number of halogens is 1. The Balaban J connectivity index is 1.13. The number of piperazine rings is 1. The summed E-state index contributed by atoms with van der Waals surface area (Å²) in [6.45, 7) is 6.60. The van der Waals surface area contributed by atoms with Gasteiger partial charge in [-0.3, -0.25) is 19.4 Å². The molecular weight excluding hydrogens is 521 g/mol. The van der Waals surface area contributed by atoms with Crippen LogP contribution in [0.1, 0.15) is 48.2 Å². The van der Waals surface area contributed by atoms with Crippen LogP contribution >= 0.6 is 0 Å². The normalized spacial score (nSPS) is 19.0. The molecule has 3 atom stereocenters. The molecule has 2 aliphatic heterocycles. The van der Waals surface area contributed by atoms with Gasteiger partial charge in [0.15, 0.2) is 0 Å². The largest absolute Gasteiger partial charge is 0.351 e. The predicted molar refractivity (Wildman–Crippen MR) is 154 cm³/mol. The Labute approximate surface area is 237 Å². The van der Waals surface area contributed by atoms with Gasteiger partial charge in [-0.15, -0.1) is 0 Å². The van der Waals surface area contributed by atoms with Crippen LogP contribution in [0.25, 0.3) is 22.0 Å². The molecule has 2 bridgehead atoms.